The number of nitrogens with one attached hydrogen (secondary N) is 1. The summed E-state index contributed by atoms with van der Waals surface area (Å²) < 4.78 is 18.1. The molecule has 17 heavy (non-hydrogen) atoms. The number of hydrogen-bond acceptors (Lipinski definition) is 2. The van der Waals surface area contributed by atoms with Crippen LogP contribution in [-0.4, -0.2) is 19.1 Å². The Kier molecular flexibility index (Phi) is 4.49. The lowest BCUT2D eigenvalue weighted by atomic mass is 9.96. The first-order valence-electron chi connectivity index (χ1n) is 5.56. The Balaban J connectivity index is 2.28. The van der Waals surface area contributed by atoms with Crippen LogP contribution in [0.15, 0.2) is 24.3 Å². The van der Waals surface area contributed by atoms with E-state index in [2.05, 4.69) is 5.32 Å². The summed E-state index contributed by atoms with van der Waals surface area (Å²) in [6.07, 6.45) is 0. The molecule has 1 aromatic rings. The average Bonchev–Trinajstić information content (AvgIpc) is 2.23. The van der Waals surface area contributed by atoms with Crippen molar-refractivity contribution in [2.75, 3.05) is 13.2 Å². The summed E-state index contributed by atoms with van der Waals surface area (Å²) in [5, 5.41) is 2.75. The quantitative estimate of drug-likeness (QED) is 0.819. The summed E-state index contributed by atoms with van der Waals surface area (Å²) in [6.45, 7) is 6.26. The van der Waals surface area contributed by atoms with Crippen LogP contribution >= 0.6 is 0 Å². The number of amides is 1. The Morgan fingerprint density at radius 3 is 2.71 bits per heavy atom. The second-order valence-corrected chi connectivity index (χ2v) is 4.81. The number of ether oxygens (including phenoxy) is 1. The molecule has 0 saturated heterocycles. The third kappa shape index (κ3) is 4.85. The first-order chi connectivity index (χ1) is 7.89. The van der Waals surface area contributed by atoms with Gasteiger partial charge in [0.15, 0.2) is 0 Å². The van der Waals surface area contributed by atoms with Crippen LogP contribution in [0.1, 0.15) is 20.8 Å². The molecule has 4 heteroatoms. The molecule has 0 atom stereocenters. The van der Waals surface area contributed by atoms with Gasteiger partial charge in [-0.15, -0.1) is 0 Å². The molecule has 0 aliphatic rings. The third-order valence-electron chi connectivity index (χ3n) is 2.13. The maximum atomic E-state index is 12.8. The van der Waals surface area contributed by atoms with Gasteiger partial charge >= 0.3 is 0 Å². The summed E-state index contributed by atoms with van der Waals surface area (Å²) >= 11 is 0. The Hall–Kier alpha value is -1.58. The lowest BCUT2D eigenvalue weighted by Crippen LogP contribution is -2.37. The van der Waals surface area contributed by atoms with Gasteiger partial charge in [0, 0.05) is 11.5 Å². The van der Waals surface area contributed by atoms with Gasteiger partial charge in [0.05, 0.1) is 6.54 Å². The number of hydrogen-bond donors (Lipinski definition) is 1. The van der Waals surface area contributed by atoms with E-state index in [1.165, 1.54) is 12.1 Å². The van der Waals surface area contributed by atoms with Crippen LogP contribution in [0, 0.1) is 11.2 Å². The summed E-state index contributed by atoms with van der Waals surface area (Å²) in [7, 11) is 0. The van der Waals surface area contributed by atoms with Crippen LogP contribution in [0.4, 0.5) is 4.39 Å². The van der Waals surface area contributed by atoms with Crippen LogP contribution in [-0.2, 0) is 4.79 Å². The SMILES string of the molecule is CC(C)(C)C(=O)NCCOc1cccc(F)c1. The normalized spacial score (nSPS) is 11.1. The number of carbonyl (C=O) groups is 1. The van der Waals surface area contributed by atoms with Crippen molar-refractivity contribution in [2.24, 2.45) is 5.41 Å². The van der Waals surface area contributed by atoms with Gasteiger partial charge in [0.1, 0.15) is 18.2 Å². The minimum absolute atomic E-state index is 0.0275. The molecule has 0 saturated carbocycles. The van der Waals surface area contributed by atoms with Crippen molar-refractivity contribution >= 4 is 5.91 Å². The fourth-order valence-corrected chi connectivity index (χ4v) is 1.16. The minimum atomic E-state index is -0.404. The van der Waals surface area contributed by atoms with Crippen LogP contribution in [0.25, 0.3) is 0 Å². The van der Waals surface area contributed by atoms with Crippen LogP contribution in [0.2, 0.25) is 0 Å². The second-order valence-electron chi connectivity index (χ2n) is 4.81. The van der Waals surface area contributed by atoms with Gasteiger partial charge in [-0.25, -0.2) is 4.39 Å². The van der Waals surface area contributed by atoms with E-state index in [0.29, 0.717) is 18.9 Å². The van der Waals surface area contributed by atoms with Crippen molar-refractivity contribution in [3.8, 4) is 5.75 Å². The maximum absolute atomic E-state index is 12.8. The Bertz CT molecular complexity index is 385. The third-order valence-corrected chi connectivity index (χ3v) is 2.13. The molecule has 0 fully saturated rings. The zero-order chi connectivity index (χ0) is 12.9. The molecule has 0 unspecified atom stereocenters. The van der Waals surface area contributed by atoms with Crippen molar-refractivity contribution in [1.82, 2.24) is 5.32 Å². The van der Waals surface area contributed by atoms with E-state index in [4.69, 9.17) is 4.74 Å². The van der Waals surface area contributed by atoms with Crippen LogP contribution in [0.5, 0.6) is 5.75 Å². The molecule has 1 N–H and O–H groups in total. The van der Waals surface area contributed by atoms with E-state index in [0.717, 1.165) is 0 Å². The van der Waals surface area contributed by atoms with Crippen molar-refractivity contribution < 1.29 is 13.9 Å². The first kappa shape index (κ1) is 13.5. The Morgan fingerprint density at radius 1 is 1.41 bits per heavy atom. The molecule has 0 spiro atoms. The summed E-state index contributed by atoms with van der Waals surface area (Å²) in [4.78, 5) is 11.5. The molecule has 94 valence electrons. The largest absolute Gasteiger partial charge is 0.492 e. The van der Waals surface area contributed by atoms with Crippen molar-refractivity contribution in [3.05, 3.63) is 30.1 Å². The van der Waals surface area contributed by atoms with Crippen molar-refractivity contribution in [2.45, 2.75) is 20.8 Å². The van der Waals surface area contributed by atoms with Crippen molar-refractivity contribution in [3.63, 3.8) is 0 Å². The highest BCUT2D eigenvalue weighted by molar-refractivity contribution is 5.81. The van der Waals surface area contributed by atoms with E-state index in [-0.39, 0.29) is 11.7 Å². The smallest absolute Gasteiger partial charge is 0.225 e. The molecule has 0 aromatic heterocycles. The molecular weight excluding hydrogens is 221 g/mol. The van der Waals surface area contributed by atoms with Crippen LogP contribution < -0.4 is 10.1 Å². The fourth-order valence-electron chi connectivity index (χ4n) is 1.16. The topological polar surface area (TPSA) is 38.3 Å². The molecule has 1 rings (SSSR count). The zero-order valence-corrected chi connectivity index (χ0v) is 10.4. The van der Waals surface area contributed by atoms with Gasteiger partial charge in [-0.2, -0.15) is 0 Å². The molecule has 1 aromatic carbocycles. The summed E-state index contributed by atoms with van der Waals surface area (Å²) in [5.41, 5.74) is -0.404. The fraction of sp³-hybridized carbons (Fsp3) is 0.462. The van der Waals surface area contributed by atoms with Crippen LogP contribution in [0.3, 0.4) is 0 Å². The monoisotopic (exact) mass is 239 g/mol. The highest BCUT2D eigenvalue weighted by Gasteiger charge is 2.20. The summed E-state index contributed by atoms with van der Waals surface area (Å²) in [6, 6.07) is 5.92. The second kappa shape index (κ2) is 5.66. The molecule has 1 amide bonds. The number of carbonyl (C=O) groups excluding carboxylic acids is 1. The molecule has 0 heterocycles. The standard InChI is InChI=1S/C13H18FNO2/c1-13(2,3)12(16)15-7-8-17-11-6-4-5-10(14)9-11/h4-6,9H,7-8H2,1-3H3,(H,15,16). The predicted molar refractivity (Wildman–Crippen MR) is 64.4 cm³/mol. The van der Waals surface area contributed by atoms with Gasteiger partial charge in [-0.05, 0) is 12.1 Å². The predicted octanol–water partition coefficient (Wildman–Crippen LogP) is 2.37. The van der Waals surface area contributed by atoms with Gasteiger partial charge < -0.3 is 10.1 Å². The molecular formula is C13H18FNO2. The lowest BCUT2D eigenvalue weighted by Gasteiger charge is -2.17. The number of rotatable bonds is 4. The Morgan fingerprint density at radius 2 is 2.12 bits per heavy atom. The van der Waals surface area contributed by atoms with E-state index in [1.54, 1.807) is 12.1 Å². The highest BCUT2D eigenvalue weighted by atomic mass is 19.1. The zero-order valence-electron chi connectivity index (χ0n) is 10.4. The van der Waals surface area contributed by atoms with Gasteiger partial charge in [-0.1, -0.05) is 26.8 Å². The number of benzene rings is 1. The van der Waals surface area contributed by atoms with Crippen molar-refractivity contribution in [1.29, 1.82) is 0 Å². The van der Waals surface area contributed by atoms with E-state index < -0.39 is 5.41 Å². The van der Waals surface area contributed by atoms with Gasteiger partial charge in [0.2, 0.25) is 5.91 Å². The molecule has 3 nitrogen and oxygen atoms in total. The first-order valence-corrected chi connectivity index (χ1v) is 5.56. The summed E-state index contributed by atoms with van der Waals surface area (Å²) in [5.74, 6) is 0.108. The number of halogens is 1. The minimum Gasteiger partial charge on any atom is -0.492 e. The van der Waals surface area contributed by atoms with Gasteiger partial charge in [0.25, 0.3) is 0 Å². The molecule has 0 aliphatic heterocycles. The Labute approximate surface area is 101 Å². The highest BCUT2D eigenvalue weighted by Crippen LogP contribution is 2.13. The van der Waals surface area contributed by atoms with E-state index in [1.807, 2.05) is 20.8 Å². The van der Waals surface area contributed by atoms with E-state index in [9.17, 15) is 9.18 Å². The van der Waals surface area contributed by atoms with Gasteiger partial charge in [-0.3, -0.25) is 4.79 Å². The maximum Gasteiger partial charge on any atom is 0.225 e. The molecule has 0 radical (unpaired) electrons. The molecule has 0 bridgehead atoms. The average molecular weight is 239 g/mol. The molecule has 0 aliphatic carbocycles. The lowest BCUT2D eigenvalue weighted by molar-refractivity contribution is -0.128. The van der Waals surface area contributed by atoms with E-state index >= 15 is 0 Å².